The number of amides is 1. The molecule has 1 aromatic heterocycles. The van der Waals surface area contributed by atoms with E-state index in [1.165, 1.54) is 116 Å². The van der Waals surface area contributed by atoms with Crippen molar-refractivity contribution in [3.05, 3.63) is 275 Å². The summed E-state index contributed by atoms with van der Waals surface area (Å²) in [5.74, 6) is 0.685. The molecule has 0 bridgehead atoms. The minimum Gasteiger partial charge on any atom is -0.506 e. The zero-order valence-electron chi connectivity index (χ0n) is 62.2. The Morgan fingerprint density at radius 1 is 0.475 bits per heavy atom. The smallest absolute Gasteiger partial charge is 0.296 e. The van der Waals surface area contributed by atoms with Crippen molar-refractivity contribution in [1.82, 2.24) is 10.1 Å². The van der Waals surface area contributed by atoms with Crippen LogP contribution in [0.3, 0.4) is 0 Å². The number of primary sulfonamides is 1. The van der Waals surface area contributed by atoms with Gasteiger partial charge in [-0.1, -0.05) is 89.9 Å². The van der Waals surface area contributed by atoms with Crippen LogP contribution in [0, 0.1) is 20.2 Å². The number of phenolic OH excluding ortho intramolecular Hbond substituents is 2. The van der Waals surface area contributed by atoms with E-state index in [2.05, 4.69) is 24.8 Å². The van der Waals surface area contributed by atoms with E-state index in [4.69, 9.17) is 90.4 Å². The minimum absolute atomic E-state index is 0.0125. The molecule has 0 unspecified atom stereocenters. The first kappa shape index (κ1) is 98.8. The van der Waals surface area contributed by atoms with E-state index in [1.807, 2.05) is 84.9 Å². The number of nitrogens with one attached hydrogen (secondary N) is 1. The highest BCUT2D eigenvalue weighted by Crippen LogP contribution is 2.33. The van der Waals surface area contributed by atoms with E-state index in [1.54, 1.807) is 37.3 Å². The lowest BCUT2D eigenvalue weighted by molar-refractivity contribution is -0.432. The summed E-state index contributed by atoms with van der Waals surface area (Å²) >= 11 is 0.625. The average molecular weight is 1790 g/mol. The Kier molecular flexibility index (Phi) is 37.2. The van der Waals surface area contributed by atoms with Crippen LogP contribution in [0.1, 0.15) is 13.8 Å². The number of sulfonamides is 1. The van der Waals surface area contributed by atoms with Gasteiger partial charge >= 0.3 is 0 Å². The molecule has 0 saturated heterocycles. The summed E-state index contributed by atoms with van der Waals surface area (Å²) in [6.45, 7) is 3.02. The number of aromatic nitrogens is 2. The second-order valence-corrected chi connectivity index (χ2v) is 33.9. The van der Waals surface area contributed by atoms with Gasteiger partial charge in [0.2, 0.25) is 31.6 Å². The maximum atomic E-state index is 12.5. The number of para-hydroxylation sites is 3. The van der Waals surface area contributed by atoms with Gasteiger partial charge in [-0.3, -0.25) is 38.7 Å². The summed E-state index contributed by atoms with van der Waals surface area (Å²) in [7, 11) is -24.4. The molecule has 48 heteroatoms. The standard InChI is InChI=1S/C14H11N3O.C12H10N2O7S2.C8H10N2O.C8H11NO3S.C6H8N2O3S.C6H6N2O2.C6H7NO6S2.C6H7NO3S.C6H7N/c15-12-9-5-4-8-11(12)14-16-13(17-18-14)10-6-2-1-3-7-10;13-8-1-3-9(4-2-8)22(17,18)12-6-5-10(23(19,20)21)7-11(12)14(15)16;1-6(11)10-8-4-2-7(9)3-5-8;1-2-13(11,12)6-3-4-8(10)7(9)5-6;7-5-3-4(12(8,10)11)1-2-6(5)9;7-5-1-3-6(4-2-5)8(9)10;7-5-3-4(14-13-12-8)1-2-6(5)15(9,10)11;7-5-3-1-2-4-6(5)11(8,9)10;7-6-4-2-1-3-5-6/h1-9H,15H2;1-7H,13H2,(H,19,20,21);2-5H,9H2,1H3,(H,10,11);3-5,10H,2,9H2,1H3;1-3,9H,7H2,(H2,8,10,11);1-4H,7H2;1-3,8H,7H2,(H,9,10,11);1-4H,7H2,(H,8,9,10);1-5H,7H2. The summed E-state index contributed by atoms with van der Waals surface area (Å²) in [6, 6.07) is 63.0. The largest absolute Gasteiger partial charge is 0.506 e. The number of rotatable bonds is 16. The molecule has 12 aromatic rings. The number of sulfone groups is 2. The second kappa shape index (κ2) is 45.2. The van der Waals surface area contributed by atoms with Crippen LogP contribution < -0.4 is 62.1 Å². The molecule has 0 spiro atoms. The molecule has 0 fully saturated rings. The Balaban J connectivity index is 0.000000289. The van der Waals surface area contributed by atoms with Gasteiger partial charge in [-0.05, 0) is 164 Å². The Morgan fingerprint density at radius 2 is 0.917 bits per heavy atom. The number of hydrogen-bond acceptors (Lipinski definition) is 35. The van der Waals surface area contributed by atoms with Gasteiger partial charge in [-0.25, -0.2) is 35.6 Å². The maximum absolute atomic E-state index is 12.5. The van der Waals surface area contributed by atoms with Gasteiger partial charge in [0.15, 0.2) is 9.84 Å². The first-order chi connectivity index (χ1) is 56.0. The van der Waals surface area contributed by atoms with Crippen molar-refractivity contribution in [3.63, 3.8) is 0 Å². The molecule has 0 aliphatic carbocycles. The zero-order valence-corrected chi connectivity index (χ0v) is 67.9. The lowest BCUT2D eigenvalue weighted by Gasteiger charge is -2.07. The van der Waals surface area contributed by atoms with Crippen LogP contribution in [0.5, 0.6) is 11.5 Å². The molecule has 41 nitrogen and oxygen atoms in total. The number of nitrogens with two attached hydrogens (primary N) is 10. The van der Waals surface area contributed by atoms with Crippen molar-refractivity contribution in [2.24, 2.45) is 5.14 Å². The highest BCUT2D eigenvalue weighted by molar-refractivity contribution is 7.94. The van der Waals surface area contributed by atoms with Gasteiger partial charge in [0.25, 0.3) is 47.6 Å². The van der Waals surface area contributed by atoms with Crippen LogP contribution in [-0.4, -0.2) is 111 Å². The molecule has 11 aromatic carbocycles. The average Bonchev–Trinajstić information content (AvgIpc) is 0.836. The van der Waals surface area contributed by atoms with Gasteiger partial charge in [0.1, 0.15) is 31.1 Å². The normalized spacial score (nSPS) is 10.9. The molecule has 1 heterocycles. The molecule has 638 valence electrons. The van der Waals surface area contributed by atoms with Crippen molar-refractivity contribution in [3.8, 4) is 34.3 Å². The fourth-order valence-electron chi connectivity index (χ4n) is 8.53. The SMILES string of the molecule is CC(=O)Nc1ccc(N)cc1.CCS(=O)(=O)c1ccc(O)c(N)c1.Nc1cc(S(N)(=O)=O)ccc1O.Nc1cc(SOOO)ccc1S(=O)(=O)O.Nc1ccc(S(=O)(=O)c2ccc(S(=O)(=O)O)cc2[N+](=O)[O-])cc1.Nc1ccc([N+](=O)[O-])cc1.Nc1ccccc1.Nc1ccccc1-c1nc(-c2ccccc2)no1.Nc1ccccc1S(=O)(=O)O. The summed E-state index contributed by atoms with van der Waals surface area (Å²) in [5.41, 5.74) is 53.2. The van der Waals surface area contributed by atoms with Crippen molar-refractivity contribution < 1.29 is 108 Å². The number of nitro groups is 2. The molecule has 0 radical (unpaired) electrons. The highest BCUT2D eigenvalue weighted by atomic mass is 32.2. The van der Waals surface area contributed by atoms with Gasteiger partial charge < -0.3 is 71.7 Å². The number of aromatic hydroxyl groups is 2. The van der Waals surface area contributed by atoms with Crippen LogP contribution in [0.25, 0.3) is 22.8 Å². The number of nitrogen functional groups attached to an aromatic ring is 9. The van der Waals surface area contributed by atoms with E-state index in [0.29, 0.717) is 57.5 Å². The Hall–Kier alpha value is -13.6. The number of nitro benzene ring substituents is 2. The van der Waals surface area contributed by atoms with E-state index in [-0.39, 0.29) is 71.2 Å². The third-order valence-corrected chi connectivity index (χ3v) is 22.1. The number of carbonyl (C=O) groups is 1. The van der Waals surface area contributed by atoms with Crippen LogP contribution in [0.15, 0.2) is 298 Å². The summed E-state index contributed by atoms with van der Waals surface area (Å²) in [6.07, 6.45) is 0. The predicted molar refractivity (Wildman–Crippen MR) is 448 cm³/mol. The van der Waals surface area contributed by atoms with Crippen LogP contribution in [0.2, 0.25) is 0 Å². The number of anilines is 10. The molecule has 0 aliphatic rings. The van der Waals surface area contributed by atoms with Gasteiger partial charge in [-0.15, -0.1) is 4.33 Å². The highest BCUT2D eigenvalue weighted by Gasteiger charge is 2.30. The fourth-order valence-corrected chi connectivity index (χ4v) is 13.5. The van der Waals surface area contributed by atoms with Gasteiger partial charge in [-0.2, -0.15) is 30.2 Å². The first-order valence-electron chi connectivity index (χ1n) is 32.8. The Morgan fingerprint density at radius 3 is 1.35 bits per heavy atom. The molecular weight excluding hydrogens is 1720 g/mol. The van der Waals surface area contributed by atoms with Gasteiger partial charge in [0, 0.05) is 69.7 Å². The third-order valence-electron chi connectivity index (χ3n) is 14.4. The molecule has 0 atom stereocenters. The summed E-state index contributed by atoms with van der Waals surface area (Å²) in [5, 5.41) is 61.8. The maximum Gasteiger partial charge on any atom is 0.296 e. The lowest BCUT2D eigenvalue weighted by Crippen LogP contribution is -2.12. The first-order valence-corrected chi connectivity index (χ1v) is 42.5. The number of phenols is 2. The molecule has 0 saturated carbocycles. The number of hydrogen-bond donors (Lipinski definition) is 17. The summed E-state index contributed by atoms with van der Waals surface area (Å²) in [4.78, 5) is 32.6. The predicted octanol–water partition coefficient (Wildman–Crippen LogP) is 9.76. The van der Waals surface area contributed by atoms with Gasteiger partial charge in [0.05, 0.1) is 70.6 Å². The third kappa shape index (κ3) is 32.8. The van der Waals surface area contributed by atoms with E-state index in [0.717, 1.165) is 46.8 Å². The van der Waals surface area contributed by atoms with Crippen LogP contribution >= 0.6 is 12.0 Å². The van der Waals surface area contributed by atoms with E-state index < -0.39 is 90.3 Å². The van der Waals surface area contributed by atoms with Crippen molar-refractivity contribution in [1.29, 1.82) is 0 Å². The Bertz CT molecular complexity index is 6200. The zero-order chi connectivity index (χ0) is 90.1. The molecule has 120 heavy (non-hydrogen) atoms. The molecule has 27 N–H and O–H groups in total. The quantitative estimate of drug-likeness (QED) is 0.00813. The molecule has 1 amide bonds. The molecule has 12 rings (SSSR count). The van der Waals surface area contributed by atoms with Crippen molar-refractivity contribution >= 4 is 146 Å². The van der Waals surface area contributed by atoms with E-state index in [9.17, 15) is 75.5 Å². The van der Waals surface area contributed by atoms with Crippen molar-refractivity contribution in [2.75, 3.05) is 62.7 Å². The number of carbonyl (C=O) groups excluding carboxylic acids is 1. The lowest BCUT2D eigenvalue weighted by atomic mass is 10.2. The van der Waals surface area contributed by atoms with Crippen LogP contribution in [0.4, 0.5) is 68.2 Å². The molecular formula is C72H77N15O26S7. The second-order valence-electron chi connectivity index (χ2n) is 23.2. The number of benzene rings is 11. The van der Waals surface area contributed by atoms with Crippen molar-refractivity contribution in [2.45, 2.75) is 53.0 Å². The minimum atomic E-state index is -4.71. The summed E-state index contributed by atoms with van der Waals surface area (Å²) < 4.78 is 169. The molecule has 0 aliphatic heterocycles. The number of non-ortho nitro benzene ring substituents is 1. The fraction of sp³-hybridized carbons (Fsp3) is 0.0417. The number of nitrogens with zero attached hydrogens (tertiary/aromatic N) is 4. The van der Waals surface area contributed by atoms with E-state index >= 15 is 0 Å². The monoisotopic (exact) mass is 1790 g/mol. The Labute approximate surface area is 690 Å². The van der Waals surface area contributed by atoms with Crippen LogP contribution in [-0.2, 0) is 74.2 Å². The topological polar surface area (TPSA) is 759 Å².